The molecule has 0 spiro atoms. The van der Waals surface area contributed by atoms with Gasteiger partial charge in [-0.15, -0.1) is 5.26 Å². The van der Waals surface area contributed by atoms with E-state index in [2.05, 4.69) is 11.5 Å². The minimum atomic E-state index is -0.339. The van der Waals surface area contributed by atoms with Crippen LogP contribution in [0, 0.1) is 22.0 Å². The van der Waals surface area contributed by atoms with Crippen LogP contribution in [0.3, 0.4) is 0 Å². The zero-order valence-corrected chi connectivity index (χ0v) is 6.77. The molecule has 3 heteroatoms. The number of nitriles is 2. The molecule has 0 aliphatic heterocycles. The fourth-order valence-electron chi connectivity index (χ4n) is 0.847. The largest absolute Gasteiger partial charge is 0.349 e. The van der Waals surface area contributed by atoms with Gasteiger partial charge in [-0.05, 0) is 12.1 Å². The van der Waals surface area contributed by atoms with E-state index < -0.39 is 0 Å². The van der Waals surface area contributed by atoms with Crippen molar-refractivity contribution < 1.29 is 0 Å². The normalized spacial score (nSPS) is 10.2. The number of rotatable bonds is 2. The Hall–Kier alpha value is -1.32. The Bertz CT molecular complexity index is 314. The predicted octanol–water partition coefficient (Wildman–Crippen LogP) is 2.22. The second kappa shape index (κ2) is 3.75. The summed E-state index contributed by atoms with van der Waals surface area (Å²) in [4.78, 5) is 1.09. The number of nitrogens with zero attached hydrogens (tertiary/aromatic N) is 2. The van der Waals surface area contributed by atoms with Gasteiger partial charge in [0.2, 0.25) is 0 Å². The Balaban J connectivity index is 2.72. The van der Waals surface area contributed by atoms with Crippen LogP contribution in [0.4, 0.5) is 0 Å². The SMILES string of the molecule is N#CCCc1ccc[s+]1C#N. The van der Waals surface area contributed by atoms with Crippen LogP contribution in [0.15, 0.2) is 17.5 Å². The highest BCUT2D eigenvalue weighted by Gasteiger charge is 2.10. The number of hydrogen-bond donors (Lipinski definition) is 0. The summed E-state index contributed by atoms with van der Waals surface area (Å²) in [6.07, 6.45) is 1.25. The average molecular weight is 163 g/mol. The van der Waals surface area contributed by atoms with Crippen LogP contribution >= 0.6 is 10.5 Å². The quantitative estimate of drug-likeness (QED) is 0.627. The van der Waals surface area contributed by atoms with Crippen molar-refractivity contribution in [3.8, 4) is 11.5 Å². The van der Waals surface area contributed by atoms with Gasteiger partial charge in [0, 0.05) is 12.8 Å². The molecular formula is C8H7N2S+. The van der Waals surface area contributed by atoms with Gasteiger partial charge >= 0.3 is 5.40 Å². The molecule has 0 N–H and O–H groups in total. The lowest BCUT2D eigenvalue weighted by atomic mass is 10.3. The third-order valence-electron chi connectivity index (χ3n) is 1.36. The molecule has 1 rings (SSSR count). The molecule has 0 aromatic carbocycles. The van der Waals surface area contributed by atoms with E-state index in [9.17, 15) is 0 Å². The van der Waals surface area contributed by atoms with Gasteiger partial charge in [0.05, 0.1) is 16.5 Å². The second-order valence-electron chi connectivity index (χ2n) is 2.05. The third-order valence-corrected chi connectivity index (χ3v) is 2.89. The Morgan fingerprint density at radius 1 is 1.45 bits per heavy atom. The number of aryl methyl sites for hydroxylation is 1. The molecule has 0 aliphatic rings. The van der Waals surface area contributed by atoms with Crippen LogP contribution < -0.4 is 0 Å². The van der Waals surface area contributed by atoms with E-state index in [4.69, 9.17) is 10.5 Å². The zero-order chi connectivity index (χ0) is 8.10. The van der Waals surface area contributed by atoms with Crippen molar-refractivity contribution in [2.24, 2.45) is 0 Å². The summed E-state index contributed by atoms with van der Waals surface area (Å²) < 4.78 is 0. The van der Waals surface area contributed by atoms with Crippen LogP contribution in [0.5, 0.6) is 0 Å². The molecular weight excluding hydrogens is 156 g/mol. The maximum atomic E-state index is 8.62. The van der Waals surface area contributed by atoms with E-state index in [1.807, 2.05) is 17.5 Å². The Labute approximate surface area is 68.3 Å². The van der Waals surface area contributed by atoms with E-state index in [-0.39, 0.29) is 10.5 Å². The summed E-state index contributed by atoms with van der Waals surface area (Å²) in [6.45, 7) is 0. The minimum Gasteiger partial charge on any atom is -0.198 e. The molecule has 0 fully saturated rings. The van der Waals surface area contributed by atoms with Crippen LogP contribution in [0.1, 0.15) is 11.3 Å². The molecule has 0 aliphatic carbocycles. The molecule has 0 amide bonds. The summed E-state index contributed by atoms with van der Waals surface area (Å²) in [5, 5.41) is 21.0. The molecule has 1 atom stereocenters. The lowest BCUT2D eigenvalue weighted by Gasteiger charge is -1.81. The maximum Gasteiger partial charge on any atom is 0.349 e. The third kappa shape index (κ3) is 1.80. The van der Waals surface area contributed by atoms with E-state index in [1.165, 1.54) is 0 Å². The maximum absolute atomic E-state index is 8.62. The summed E-state index contributed by atoms with van der Waals surface area (Å²) in [5.74, 6) is 0. The van der Waals surface area contributed by atoms with E-state index >= 15 is 0 Å². The lowest BCUT2D eigenvalue weighted by Crippen LogP contribution is -1.77. The van der Waals surface area contributed by atoms with Gasteiger partial charge in [0.1, 0.15) is 0 Å². The Morgan fingerprint density at radius 2 is 2.27 bits per heavy atom. The first-order valence-electron chi connectivity index (χ1n) is 3.25. The van der Waals surface area contributed by atoms with Crippen molar-refractivity contribution in [1.29, 1.82) is 10.5 Å². The van der Waals surface area contributed by atoms with E-state index in [0.717, 1.165) is 11.3 Å². The highest BCUT2D eigenvalue weighted by Crippen LogP contribution is 2.23. The first-order valence-corrected chi connectivity index (χ1v) is 4.54. The Morgan fingerprint density at radius 3 is 2.91 bits per heavy atom. The molecule has 0 saturated heterocycles. The number of thiophene rings is 1. The summed E-state index contributed by atoms with van der Waals surface area (Å²) >= 11 is 0. The standard InChI is InChI=1S/C8H7N2S/c9-5-1-3-8-4-2-6-11(8)7-10/h2,4,6H,1,3H2/q+1. The van der Waals surface area contributed by atoms with Crippen LogP contribution in [-0.2, 0) is 6.42 Å². The monoisotopic (exact) mass is 163 g/mol. The van der Waals surface area contributed by atoms with Crippen molar-refractivity contribution in [3.63, 3.8) is 0 Å². The Kier molecular flexibility index (Phi) is 2.66. The smallest absolute Gasteiger partial charge is 0.198 e. The molecule has 11 heavy (non-hydrogen) atoms. The second-order valence-corrected chi connectivity index (χ2v) is 3.70. The molecule has 1 unspecified atom stereocenters. The van der Waals surface area contributed by atoms with Gasteiger partial charge in [-0.2, -0.15) is 5.26 Å². The van der Waals surface area contributed by atoms with Crippen molar-refractivity contribution >= 4 is 10.5 Å². The summed E-state index contributed by atoms with van der Waals surface area (Å²) in [7, 11) is -0.339. The molecule has 1 heterocycles. The van der Waals surface area contributed by atoms with Gasteiger partial charge in [0.25, 0.3) is 0 Å². The molecule has 0 bridgehead atoms. The highest BCUT2D eigenvalue weighted by molar-refractivity contribution is 7.36. The average Bonchev–Trinajstić information content (AvgIpc) is 2.47. The zero-order valence-electron chi connectivity index (χ0n) is 5.95. The number of hydrogen-bond acceptors (Lipinski definition) is 2. The van der Waals surface area contributed by atoms with Crippen molar-refractivity contribution in [2.45, 2.75) is 12.8 Å². The fourth-order valence-corrected chi connectivity index (χ4v) is 1.98. The molecule has 1 aromatic rings. The lowest BCUT2D eigenvalue weighted by molar-refractivity contribution is 1.04. The van der Waals surface area contributed by atoms with Crippen LogP contribution in [-0.4, -0.2) is 0 Å². The summed E-state index contributed by atoms with van der Waals surface area (Å²) in [6, 6.07) is 5.89. The summed E-state index contributed by atoms with van der Waals surface area (Å²) in [5.41, 5.74) is 0. The van der Waals surface area contributed by atoms with Gasteiger partial charge in [-0.1, -0.05) is 0 Å². The van der Waals surface area contributed by atoms with Crippen molar-refractivity contribution in [1.82, 2.24) is 0 Å². The van der Waals surface area contributed by atoms with Crippen LogP contribution in [0.2, 0.25) is 0 Å². The van der Waals surface area contributed by atoms with Crippen molar-refractivity contribution in [2.75, 3.05) is 0 Å². The van der Waals surface area contributed by atoms with Crippen LogP contribution in [0.25, 0.3) is 0 Å². The highest BCUT2D eigenvalue weighted by atomic mass is 32.2. The molecule has 2 nitrogen and oxygen atoms in total. The van der Waals surface area contributed by atoms with E-state index in [1.54, 1.807) is 0 Å². The first-order chi connectivity index (χ1) is 5.38. The van der Waals surface area contributed by atoms with Gasteiger partial charge in [-0.25, -0.2) is 0 Å². The molecule has 0 radical (unpaired) electrons. The predicted molar refractivity (Wildman–Crippen MR) is 43.9 cm³/mol. The topological polar surface area (TPSA) is 47.6 Å². The molecule has 0 saturated carbocycles. The van der Waals surface area contributed by atoms with Gasteiger partial charge in [0.15, 0.2) is 10.3 Å². The fraction of sp³-hybridized carbons (Fsp3) is 0.250. The minimum absolute atomic E-state index is 0.339. The van der Waals surface area contributed by atoms with Gasteiger partial charge in [-0.3, -0.25) is 0 Å². The first kappa shape index (κ1) is 7.78. The molecule has 1 aromatic heterocycles. The van der Waals surface area contributed by atoms with Crippen molar-refractivity contribution in [3.05, 3.63) is 22.4 Å². The van der Waals surface area contributed by atoms with E-state index in [0.29, 0.717) is 6.42 Å². The van der Waals surface area contributed by atoms with Gasteiger partial charge < -0.3 is 0 Å². The molecule has 54 valence electrons.